The summed E-state index contributed by atoms with van der Waals surface area (Å²) in [5.41, 5.74) is 7.10. The van der Waals surface area contributed by atoms with E-state index in [1.54, 1.807) is 11.8 Å². The normalized spacial score (nSPS) is 16.4. The van der Waals surface area contributed by atoms with E-state index < -0.39 is 0 Å². The smallest absolute Gasteiger partial charge is 0.0592 e. The zero-order chi connectivity index (χ0) is 8.20. The summed E-state index contributed by atoms with van der Waals surface area (Å²) < 4.78 is 0. The SMILES string of the molecule is C=C(C)CCC(C)(N)SC. The first-order valence-corrected chi connectivity index (χ1v) is 4.69. The molecule has 0 saturated heterocycles. The van der Waals surface area contributed by atoms with Crippen molar-refractivity contribution in [2.24, 2.45) is 5.73 Å². The lowest BCUT2D eigenvalue weighted by molar-refractivity contribution is 0.611. The van der Waals surface area contributed by atoms with Gasteiger partial charge in [0, 0.05) is 0 Å². The summed E-state index contributed by atoms with van der Waals surface area (Å²) in [6, 6.07) is 0. The van der Waals surface area contributed by atoms with E-state index in [-0.39, 0.29) is 4.87 Å². The van der Waals surface area contributed by atoms with Crippen molar-refractivity contribution in [2.75, 3.05) is 6.26 Å². The van der Waals surface area contributed by atoms with Crippen molar-refractivity contribution in [3.05, 3.63) is 12.2 Å². The minimum atomic E-state index is -0.0705. The second-order valence-electron chi connectivity index (χ2n) is 2.97. The minimum Gasteiger partial charge on any atom is -0.317 e. The Labute approximate surface area is 68.1 Å². The molecule has 0 spiro atoms. The van der Waals surface area contributed by atoms with Crippen LogP contribution in [0, 0.1) is 0 Å². The van der Waals surface area contributed by atoms with E-state index in [1.807, 2.05) is 13.2 Å². The van der Waals surface area contributed by atoms with Crippen LogP contribution in [0.5, 0.6) is 0 Å². The first-order valence-electron chi connectivity index (χ1n) is 3.46. The van der Waals surface area contributed by atoms with Gasteiger partial charge in [0.05, 0.1) is 4.87 Å². The largest absolute Gasteiger partial charge is 0.317 e. The molecule has 2 heteroatoms. The average Bonchev–Trinajstić information content (AvgIpc) is 1.85. The summed E-state index contributed by atoms with van der Waals surface area (Å²) in [4.78, 5) is -0.0705. The molecule has 0 radical (unpaired) electrons. The number of nitrogens with two attached hydrogens (primary N) is 1. The van der Waals surface area contributed by atoms with Gasteiger partial charge in [0.2, 0.25) is 0 Å². The third-order valence-corrected chi connectivity index (χ3v) is 2.65. The van der Waals surface area contributed by atoms with Crippen molar-refractivity contribution >= 4 is 11.8 Å². The maximum absolute atomic E-state index is 5.89. The zero-order valence-corrected chi connectivity index (χ0v) is 7.92. The van der Waals surface area contributed by atoms with E-state index >= 15 is 0 Å². The zero-order valence-electron chi connectivity index (χ0n) is 7.11. The first-order chi connectivity index (χ1) is 4.48. The lowest BCUT2D eigenvalue weighted by Gasteiger charge is -2.21. The Kier molecular flexibility index (Phi) is 4.06. The van der Waals surface area contributed by atoms with Crippen LogP contribution in [0.2, 0.25) is 0 Å². The van der Waals surface area contributed by atoms with E-state index in [0.717, 1.165) is 12.8 Å². The fourth-order valence-electron chi connectivity index (χ4n) is 0.564. The van der Waals surface area contributed by atoms with Gasteiger partial charge in [0.25, 0.3) is 0 Å². The number of allylic oxidation sites excluding steroid dienone is 1. The summed E-state index contributed by atoms with van der Waals surface area (Å²) in [5, 5.41) is 0. The van der Waals surface area contributed by atoms with Crippen molar-refractivity contribution in [3.63, 3.8) is 0 Å². The van der Waals surface area contributed by atoms with Crippen LogP contribution in [-0.2, 0) is 0 Å². The van der Waals surface area contributed by atoms with Crippen LogP contribution >= 0.6 is 11.8 Å². The molecule has 0 bridgehead atoms. The Hall–Kier alpha value is 0.0500. The predicted octanol–water partition coefficient (Wildman–Crippen LogP) is 2.38. The lowest BCUT2D eigenvalue weighted by Crippen LogP contribution is -2.31. The molecule has 0 aliphatic carbocycles. The fourth-order valence-corrected chi connectivity index (χ4v) is 0.870. The van der Waals surface area contributed by atoms with E-state index in [9.17, 15) is 0 Å². The molecular weight excluding hydrogens is 142 g/mol. The van der Waals surface area contributed by atoms with Crippen LogP contribution in [0.15, 0.2) is 12.2 Å². The molecule has 0 aromatic heterocycles. The van der Waals surface area contributed by atoms with Gasteiger partial charge in [-0.1, -0.05) is 5.57 Å². The second-order valence-corrected chi connectivity index (χ2v) is 4.31. The molecule has 2 N–H and O–H groups in total. The number of hydrogen-bond acceptors (Lipinski definition) is 2. The highest BCUT2D eigenvalue weighted by Crippen LogP contribution is 2.22. The first kappa shape index (κ1) is 10.0. The molecule has 0 rings (SSSR count). The van der Waals surface area contributed by atoms with Gasteiger partial charge < -0.3 is 5.73 Å². The molecule has 1 atom stereocenters. The van der Waals surface area contributed by atoms with Crippen LogP contribution in [0.1, 0.15) is 26.7 Å². The molecule has 0 fully saturated rings. The molecule has 60 valence electrons. The van der Waals surface area contributed by atoms with Gasteiger partial charge in [-0.3, -0.25) is 0 Å². The van der Waals surface area contributed by atoms with Crippen LogP contribution in [0.25, 0.3) is 0 Å². The number of rotatable bonds is 4. The van der Waals surface area contributed by atoms with Crippen LogP contribution in [0.4, 0.5) is 0 Å². The fraction of sp³-hybridized carbons (Fsp3) is 0.750. The summed E-state index contributed by atoms with van der Waals surface area (Å²) in [6.07, 6.45) is 4.09. The van der Waals surface area contributed by atoms with E-state index in [0.29, 0.717) is 0 Å². The molecule has 0 aromatic rings. The van der Waals surface area contributed by atoms with Gasteiger partial charge >= 0.3 is 0 Å². The van der Waals surface area contributed by atoms with Crippen LogP contribution < -0.4 is 5.73 Å². The highest BCUT2D eigenvalue weighted by Gasteiger charge is 2.14. The molecule has 0 aliphatic heterocycles. The summed E-state index contributed by atoms with van der Waals surface area (Å²) in [7, 11) is 0. The Morgan fingerprint density at radius 2 is 2.20 bits per heavy atom. The maximum atomic E-state index is 5.89. The molecule has 0 heterocycles. The summed E-state index contributed by atoms with van der Waals surface area (Å²) >= 11 is 1.71. The standard InChI is InChI=1S/C8H17NS/c1-7(2)5-6-8(3,9)10-4/h1,5-6,9H2,2-4H3. The summed E-state index contributed by atoms with van der Waals surface area (Å²) in [5.74, 6) is 0. The van der Waals surface area contributed by atoms with E-state index in [2.05, 4.69) is 13.5 Å². The highest BCUT2D eigenvalue weighted by atomic mass is 32.2. The lowest BCUT2D eigenvalue weighted by atomic mass is 10.1. The Morgan fingerprint density at radius 1 is 1.70 bits per heavy atom. The van der Waals surface area contributed by atoms with Gasteiger partial charge in [-0.15, -0.1) is 18.3 Å². The average molecular weight is 159 g/mol. The predicted molar refractivity (Wildman–Crippen MR) is 50.2 cm³/mol. The monoisotopic (exact) mass is 159 g/mol. The number of hydrogen-bond donors (Lipinski definition) is 1. The van der Waals surface area contributed by atoms with Gasteiger partial charge in [-0.25, -0.2) is 0 Å². The molecule has 10 heavy (non-hydrogen) atoms. The molecule has 0 amide bonds. The maximum Gasteiger partial charge on any atom is 0.0592 e. The van der Waals surface area contributed by atoms with Gasteiger partial charge in [-0.2, -0.15) is 0 Å². The van der Waals surface area contributed by atoms with Crippen molar-refractivity contribution in [1.29, 1.82) is 0 Å². The Morgan fingerprint density at radius 3 is 2.50 bits per heavy atom. The molecule has 1 nitrogen and oxygen atoms in total. The molecule has 1 unspecified atom stereocenters. The summed E-state index contributed by atoms with van der Waals surface area (Å²) in [6.45, 7) is 7.92. The van der Waals surface area contributed by atoms with Crippen molar-refractivity contribution < 1.29 is 0 Å². The van der Waals surface area contributed by atoms with Crippen LogP contribution in [-0.4, -0.2) is 11.1 Å². The highest BCUT2D eigenvalue weighted by molar-refractivity contribution is 7.99. The van der Waals surface area contributed by atoms with E-state index in [4.69, 9.17) is 5.73 Å². The molecular formula is C8H17NS. The third kappa shape index (κ3) is 4.89. The second kappa shape index (κ2) is 4.04. The van der Waals surface area contributed by atoms with Crippen LogP contribution in [0.3, 0.4) is 0 Å². The van der Waals surface area contributed by atoms with E-state index in [1.165, 1.54) is 5.57 Å². The Bertz CT molecular complexity index is 118. The van der Waals surface area contributed by atoms with Gasteiger partial charge in [0.1, 0.15) is 0 Å². The van der Waals surface area contributed by atoms with Gasteiger partial charge in [-0.05, 0) is 32.9 Å². The quantitative estimate of drug-likeness (QED) is 0.503. The minimum absolute atomic E-state index is 0.0705. The van der Waals surface area contributed by atoms with Crippen molar-refractivity contribution in [2.45, 2.75) is 31.6 Å². The Balaban J connectivity index is 3.56. The number of thioether (sulfide) groups is 1. The topological polar surface area (TPSA) is 26.0 Å². The third-order valence-electron chi connectivity index (χ3n) is 1.51. The van der Waals surface area contributed by atoms with Crippen molar-refractivity contribution in [1.82, 2.24) is 0 Å². The van der Waals surface area contributed by atoms with Crippen molar-refractivity contribution in [3.8, 4) is 0 Å². The van der Waals surface area contributed by atoms with Gasteiger partial charge in [0.15, 0.2) is 0 Å². The molecule has 0 aromatic carbocycles. The molecule has 0 saturated carbocycles. The molecule has 0 aliphatic rings.